The SMILES string of the molecule is CC(C)Oc1ccc(C[C@@H](N)NC(=O)OC(C)(C)C)cc1. The molecule has 118 valence electrons. The van der Waals surface area contributed by atoms with Gasteiger partial charge < -0.3 is 20.5 Å². The van der Waals surface area contributed by atoms with Crippen LogP contribution in [0.15, 0.2) is 24.3 Å². The third kappa shape index (κ3) is 7.56. The van der Waals surface area contributed by atoms with Crippen molar-refractivity contribution in [2.75, 3.05) is 0 Å². The van der Waals surface area contributed by atoms with Gasteiger partial charge in [0.15, 0.2) is 0 Å². The van der Waals surface area contributed by atoms with E-state index in [9.17, 15) is 4.79 Å². The molecule has 21 heavy (non-hydrogen) atoms. The van der Waals surface area contributed by atoms with Crippen LogP contribution in [0, 0.1) is 0 Å². The molecular formula is C16H26N2O3. The van der Waals surface area contributed by atoms with Crippen molar-refractivity contribution in [3.05, 3.63) is 29.8 Å². The summed E-state index contributed by atoms with van der Waals surface area (Å²) in [6, 6.07) is 7.67. The first kappa shape index (κ1) is 17.3. The van der Waals surface area contributed by atoms with Gasteiger partial charge in [-0.2, -0.15) is 0 Å². The zero-order valence-electron chi connectivity index (χ0n) is 13.5. The van der Waals surface area contributed by atoms with Crippen molar-refractivity contribution in [3.63, 3.8) is 0 Å². The molecule has 1 atom stereocenters. The highest BCUT2D eigenvalue weighted by atomic mass is 16.6. The van der Waals surface area contributed by atoms with Crippen molar-refractivity contribution >= 4 is 6.09 Å². The summed E-state index contributed by atoms with van der Waals surface area (Å²) in [6.07, 6.45) is -0.320. The molecule has 3 N–H and O–H groups in total. The van der Waals surface area contributed by atoms with Crippen molar-refractivity contribution in [2.45, 2.75) is 58.9 Å². The zero-order valence-corrected chi connectivity index (χ0v) is 13.5. The standard InChI is InChI=1S/C16H26N2O3/c1-11(2)20-13-8-6-12(7-9-13)10-14(17)18-15(19)21-16(3,4)5/h6-9,11,14H,10,17H2,1-5H3,(H,18,19)/t14-/m0/s1. The molecule has 0 aliphatic rings. The molecular weight excluding hydrogens is 268 g/mol. The molecule has 5 heteroatoms. The number of benzene rings is 1. The maximum Gasteiger partial charge on any atom is 0.408 e. The van der Waals surface area contributed by atoms with Gasteiger partial charge in [0.2, 0.25) is 0 Å². The van der Waals surface area contributed by atoms with Gasteiger partial charge in [-0.3, -0.25) is 0 Å². The molecule has 1 aromatic rings. The lowest BCUT2D eigenvalue weighted by atomic mass is 10.1. The molecule has 5 nitrogen and oxygen atoms in total. The minimum atomic E-state index is -0.528. The van der Waals surface area contributed by atoms with Gasteiger partial charge in [0.1, 0.15) is 11.4 Å². The summed E-state index contributed by atoms with van der Waals surface area (Å²) in [5.41, 5.74) is 6.40. The number of carbonyl (C=O) groups excluding carboxylic acids is 1. The summed E-state index contributed by atoms with van der Waals surface area (Å²) in [7, 11) is 0. The van der Waals surface area contributed by atoms with Gasteiger partial charge in [-0.15, -0.1) is 0 Å². The molecule has 1 aromatic carbocycles. The van der Waals surface area contributed by atoms with Crippen LogP contribution < -0.4 is 15.8 Å². The van der Waals surface area contributed by atoms with Gasteiger partial charge in [0.05, 0.1) is 12.3 Å². The number of rotatable bonds is 5. The van der Waals surface area contributed by atoms with Crippen LogP contribution in [0.2, 0.25) is 0 Å². The van der Waals surface area contributed by atoms with Gasteiger partial charge in [-0.25, -0.2) is 4.79 Å². The van der Waals surface area contributed by atoms with Gasteiger partial charge in [-0.05, 0) is 52.3 Å². The van der Waals surface area contributed by atoms with Crippen LogP contribution in [0.1, 0.15) is 40.2 Å². The number of alkyl carbamates (subject to hydrolysis) is 1. The summed E-state index contributed by atoms with van der Waals surface area (Å²) in [5, 5.41) is 2.62. The summed E-state index contributed by atoms with van der Waals surface area (Å²) >= 11 is 0. The average Bonchev–Trinajstić information content (AvgIpc) is 2.28. The fourth-order valence-corrected chi connectivity index (χ4v) is 1.74. The van der Waals surface area contributed by atoms with E-state index in [1.54, 1.807) is 0 Å². The Bertz CT molecular complexity index is 450. The highest BCUT2D eigenvalue weighted by Crippen LogP contribution is 2.14. The molecule has 0 aromatic heterocycles. The second kappa shape index (κ2) is 7.31. The number of nitrogens with two attached hydrogens (primary N) is 1. The normalized spacial score (nSPS) is 12.9. The summed E-state index contributed by atoms with van der Waals surface area (Å²) in [5.74, 6) is 0.822. The number of nitrogens with one attached hydrogen (secondary N) is 1. The molecule has 0 saturated heterocycles. The molecule has 0 unspecified atom stereocenters. The zero-order chi connectivity index (χ0) is 16.0. The summed E-state index contributed by atoms with van der Waals surface area (Å²) < 4.78 is 10.7. The van der Waals surface area contributed by atoms with E-state index >= 15 is 0 Å². The van der Waals surface area contributed by atoms with E-state index in [0.29, 0.717) is 6.42 Å². The number of hydrogen-bond acceptors (Lipinski definition) is 4. The first-order valence-electron chi connectivity index (χ1n) is 7.16. The number of ether oxygens (including phenoxy) is 2. The van der Waals surface area contributed by atoms with Crippen LogP contribution in [0.3, 0.4) is 0 Å². The number of hydrogen-bond donors (Lipinski definition) is 2. The molecule has 0 radical (unpaired) electrons. The first-order valence-corrected chi connectivity index (χ1v) is 7.16. The predicted molar refractivity (Wildman–Crippen MR) is 83.3 cm³/mol. The molecule has 0 bridgehead atoms. The van der Waals surface area contributed by atoms with Gasteiger partial charge in [0.25, 0.3) is 0 Å². The fraction of sp³-hybridized carbons (Fsp3) is 0.562. The molecule has 1 rings (SSSR count). The van der Waals surface area contributed by atoms with Crippen molar-refractivity contribution in [2.24, 2.45) is 5.73 Å². The van der Waals surface area contributed by atoms with Crippen LogP contribution in [0.4, 0.5) is 4.79 Å². The van der Waals surface area contributed by atoms with E-state index in [0.717, 1.165) is 11.3 Å². The molecule has 0 aliphatic heterocycles. The van der Waals surface area contributed by atoms with Crippen LogP contribution in [0.5, 0.6) is 5.75 Å². The van der Waals surface area contributed by atoms with Crippen LogP contribution in [-0.4, -0.2) is 24.0 Å². The van der Waals surface area contributed by atoms with Crippen LogP contribution >= 0.6 is 0 Å². The second-order valence-electron chi connectivity index (χ2n) is 6.27. The van der Waals surface area contributed by atoms with Crippen molar-refractivity contribution in [1.29, 1.82) is 0 Å². The van der Waals surface area contributed by atoms with Crippen LogP contribution in [-0.2, 0) is 11.2 Å². The summed E-state index contributed by atoms with van der Waals surface area (Å²) in [4.78, 5) is 11.6. The van der Waals surface area contributed by atoms with Gasteiger partial charge in [0, 0.05) is 6.42 Å². The minimum Gasteiger partial charge on any atom is -0.491 e. The monoisotopic (exact) mass is 294 g/mol. The van der Waals surface area contributed by atoms with Crippen molar-refractivity contribution in [3.8, 4) is 5.75 Å². The van der Waals surface area contributed by atoms with E-state index in [4.69, 9.17) is 15.2 Å². The lowest BCUT2D eigenvalue weighted by molar-refractivity contribution is 0.0505. The molecule has 0 spiro atoms. The van der Waals surface area contributed by atoms with E-state index < -0.39 is 17.9 Å². The van der Waals surface area contributed by atoms with Crippen molar-refractivity contribution < 1.29 is 14.3 Å². The Hall–Kier alpha value is -1.75. The number of carbonyl (C=O) groups is 1. The lowest BCUT2D eigenvalue weighted by Crippen LogP contribution is -2.45. The smallest absolute Gasteiger partial charge is 0.408 e. The maximum absolute atomic E-state index is 11.6. The number of amides is 1. The Morgan fingerprint density at radius 3 is 2.29 bits per heavy atom. The molecule has 0 aliphatic carbocycles. The molecule has 1 amide bonds. The molecule has 0 heterocycles. The van der Waals surface area contributed by atoms with Gasteiger partial charge >= 0.3 is 6.09 Å². The van der Waals surface area contributed by atoms with Crippen LogP contribution in [0.25, 0.3) is 0 Å². The quantitative estimate of drug-likeness (QED) is 0.819. The van der Waals surface area contributed by atoms with Crippen molar-refractivity contribution in [1.82, 2.24) is 5.32 Å². The minimum absolute atomic E-state index is 0.145. The van der Waals surface area contributed by atoms with E-state index in [1.165, 1.54) is 0 Å². The first-order chi connectivity index (χ1) is 9.65. The molecule has 0 fully saturated rings. The Kier molecular flexibility index (Phi) is 6.03. The highest BCUT2D eigenvalue weighted by molar-refractivity contribution is 5.68. The Morgan fingerprint density at radius 1 is 1.24 bits per heavy atom. The Balaban J connectivity index is 2.47. The average molecular weight is 294 g/mol. The van der Waals surface area contributed by atoms with Gasteiger partial charge in [-0.1, -0.05) is 12.1 Å². The van der Waals surface area contributed by atoms with E-state index in [1.807, 2.05) is 58.9 Å². The predicted octanol–water partition coefficient (Wildman–Crippen LogP) is 2.83. The highest BCUT2D eigenvalue weighted by Gasteiger charge is 2.17. The topological polar surface area (TPSA) is 73.6 Å². The largest absolute Gasteiger partial charge is 0.491 e. The summed E-state index contributed by atoms with van der Waals surface area (Å²) in [6.45, 7) is 9.39. The van der Waals surface area contributed by atoms with E-state index in [-0.39, 0.29) is 6.10 Å². The third-order valence-electron chi connectivity index (χ3n) is 2.45. The van der Waals surface area contributed by atoms with E-state index in [2.05, 4.69) is 5.32 Å². The lowest BCUT2D eigenvalue weighted by Gasteiger charge is -2.22. The second-order valence-corrected chi connectivity index (χ2v) is 6.27. The third-order valence-corrected chi connectivity index (χ3v) is 2.45. The Morgan fingerprint density at radius 2 is 1.81 bits per heavy atom. The fourth-order valence-electron chi connectivity index (χ4n) is 1.74. The maximum atomic E-state index is 11.6. The Labute approximate surface area is 126 Å². The molecule has 0 saturated carbocycles.